The lowest BCUT2D eigenvalue weighted by atomic mass is 10.0. The standard InChI is InChI=1S/C27H54BrNO2/c28-26-24-22-20-18-16-14-12-10-8-6-4-2-1-3-5-7-9-11-13-15-17-19-21-23-25-27(30)29-31/h31H,1-26H2,(H,29,30). The number of amides is 1. The molecule has 0 aromatic carbocycles. The van der Waals surface area contributed by atoms with Gasteiger partial charge in [-0.2, -0.15) is 0 Å². The van der Waals surface area contributed by atoms with Crippen LogP contribution in [0.4, 0.5) is 0 Å². The molecule has 186 valence electrons. The Balaban J connectivity index is 3.01. The summed E-state index contributed by atoms with van der Waals surface area (Å²) in [6.45, 7) is 0. The largest absolute Gasteiger partial charge is 0.289 e. The van der Waals surface area contributed by atoms with Crippen molar-refractivity contribution in [1.29, 1.82) is 0 Å². The number of carbonyl (C=O) groups excluding carboxylic acids is 1. The molecule has 0 aliphatic carbocycles. The summed E-state index contributed by atoms with van der Waals surface area (Å²) in [6.07, 6.45) is 33.5. The van der Waals surface area contributed by atoms with Gasteiger partial charge in [0.15, 0.2) is 0 Å². The van der Waals surface area contributed by atoms with Gasteiger partial charge < -0.3 is 0 Å². The fourth-order valence-electron chi connectivity index (χ4n) is 4.33. The number of hydroxylamine groups is 1. The maximum Gasteiger partial charge on any atom is 0.243 e. The van der Waals surface area contributed by atoms with Crippen LogP contribution in [0.15, 0.2) is 0 Å². The van der Waals surface area contributed by atoms with Gasteiger partial charge in [-0.1, -0.05) is 157 Å². The summed E-state index contributed by atoms with van der Waals surface area (Å²) in [5, 5.41) is 9.60. The SMILES string of the molecule is O=C(CCCCCCCCCCCCCCCCCCCCCCCCCCBr)NO. The molecule has 3 nitrogen and oxygen atoms in total. The first-order chi connectivity index (χ1) is 15.3. The second-order valence-corrected chi connectivity index (χ2v) is 10.3. The molecule has 1 amide bonds. The van der Waals surface area contributed by atoms with Crippen molar-refractivity contribution in [3.05, 3.63) is 0 Å². The van der Waals surface area contributed by atoms with Gasteiger partial charge >= 0.3 is 0 Å². The molecule has 31 heavy (non-hydrogen) atoms. The van der Waals surface area contributed by atoms with E-state index in [2.05, 4.69) is 15.9 Å². The van der Waals surface area contributed by atoms with Gasteiger partial charge in [0.25, 0.3) is 0 Å². The molecule has 0 fully saturated rings. The Morgan fingerprint density at radius 2 is 0.677 bits per heavy atom. The highest BCUT2D eigenvalue weighted by Gasteiger charge is 1.99. The zero-order valence-electron chi connectivity index (χ0n) is 20.6. The van der Waals surface area contributed by atoms with Crippen molar-refractivity contribution < 1.29 is 10.0 Å². The molecule has 0 aromatic rings. The molecule has 0 aliphatic rings. The Morgan fingerprint density at radius 3 is 0.903 bits per heavy atom. The van der Waals surface area contributed by atoms with E-state index in [1.54, 1.807) is 5.48 Å². The lowest BCUT2D eigenvalue weighted by Crippen LogP contribution is -2.17. The van der Waals surface area contributed by atoms with E-state index < -0.39 is 0 Å². The Hall–Kier alpha value is -0.0900. The lowest BCUT2D eigenvalue weighted by molar-refractivity contribution is -0.129. The van der Waals surface area contributed by atoms with Crippen LogP contribution in [0.25, 0.3) is 0 Å². The molecule has 0 atom stereocenters. The van der Waals surface area contributed by atoms with Crippen molar-refractivity contribution in [3.8, 4) is 0 Å². The highest BCUT2D eigenvalue weighted by molar-refractivity contribution is 9.09. The molecular formula is C27H54BrNO2. The minimum Gasteiger partial charge on any atom is -0.289 e. The van der Waals surface area contributed by atoms with E-state index in [1.165, 1.54) is 147 Å². The second-order valence-electron chi connectivity index (χ2n) is 9.46. The van der Waals surface area contributed by atoms with Crippen molar-refractivity contribution in [2.24, 2.45) is 0 Å². The molecule has 0 rings (SSSR count). The predicted molar refractivity (Wildman–Crippen MR) is 139 cm³/mol. The molecular weight excluding hydrogens is 450 g/mol. The van der Waals surface area contributed by atoms with Gasteiger partial charge in [-0.25, -0.2) is 5.48 Å². The summed E-state index contributed by atoms with van der Waals surface area (Å²) in [5.41, 5.74) is 1.69. The predicted octanol–water partition coefficient (Wildman–Crippen LogP) is 9.64. The van der Waals surface area contributed by atoms with Gasteiger partial charge in [-0.3, -0.25) is 10.0 Å². The van der Waals surface area contributed by atoms with Crippen molar-refractivity contribution in [1.82, 2.24) is 5.48 Å². The van der Waals surface area contributed by atoms with E-state index in [4.69, 9.17) is 5.21 Å². The van der Waals surface area contributed by atoms with E-state index >= 15 is 0 Å². The second kappa shape index (κ2) is 27.9. The third-order valence-corrected chi connectivity index (χ3v) is 6.97. The monoisotopic (exact) mass is 503 g/mol. The van der Waals surface area contributed by atoms with E-state index in [1.807, 2.05) is 0 Å². The third kappa shape index (κ3) is 27.9. The van der Waals surface area contributed by atoms with Crippen LogP contribution >= 0.6 is 15.9 Å². The van der Waals surface area contributed by atoms with Crippen LogP contribution in [0.3, 0.4) is 0 Å². The maximum atomic E-state index is 10.9. The van der Waals surface area contributed by atoms with E-state index in [0.29, 0.717) is 6.42 Å². The van der Waals surface area contributed by atoms with Crippen molar-refractivity contribution in [3.63, 3.8) is 0 Å². The Bertz CT molecular complexity index is 352. The van der Waals surface area contributed by atoms with Crippen LogP contribution in [0.1, 0.15) is 161 Å². The lowest BCUT2D eigenvalue weighted by Gasteiger charge is -2.04. The molecule has 0 heterocycles. The average Bonchev–Trinajstić information content (AvgIpc) is 2.78. The zero-order valence-corrected chi connectivity index (χ0v) is 22.2. The van der Waals surface area contributed by atoms with Crippen LogP contribution in [-0.4, -0.2) is 16.4 Å². The molecule has 0 spiro atoms. The van der Waals surface area contributed by atoms with E-state index in [0.717, 1.165) is 12.8 Å². The van der Waals surface area contributed by atoms with Gasteiger partial charge in [0, 0.05) is 11.8 Å². The average molecular weight is 505 g/mol. The summed E-state index contributed by atoms with van der Waals surface area (Å²) in [6, 6.07) is 0. The van der Waals surface area contributed by atoms with Gasteiger partial charge in [0.05, 0.1) is 0 Å². The fourth-order valence-corrected chi connectivity index (χ4v) is 4.72. The number of hydrogen-bond acceptors (Lipinski definition) is 2. The summed E-state index contributed by atoms with van der Waals surface area (Å²) in [7, 11) is 0. The van der Waals surface area contributed by atoms with Crippen molar-refractivity contribution in [2.75, 3.05) is 5.33 Å². The van der Waals surface area contributed by atoms with Crippen LogP contribution in [-0.2, 0) is 4.79 Å². The first-order valence-electron chi connectivity index (χ1n) is 13.8. The molecule has 0 bridgehead atoms. The molecule has 0 aliphatic heterocycles. The number of unbranched alkanes of at least 4 members (excludes halogenated alkanes) is 23. The molecule has 0 saturated carbocycles. The Morgan fingerprint density at radius 1 is 0.452 bits per heavy atom. The van der Waals surface area contributed by atoms with Gasteiger partial charge in [-0.05, 0) is 12.8 Å². The molecule has 0 radical (unpaired) electrons. The van der Waals surface area contributed by atoms with Gasteiger partial charge in [0.1, 0.15) is 0 Å². The first kappa shape index (κ1) is 30.9. The third-order valence-electron chi connectivity index (χ3n) is 6.41. The normalized spacial score (nSPS) is 11.2. The number of nitrogens with one attached hydrogen (secondary N) is 1. The van der Waals surface area contributed by atoms with Crippen LogP contribution in [0, 0.1) is 0 Å². The minimum atomic E-state index is -0.256. The van der Waals surface area contributed by atoms with E-state index in [9.17, 15) is 4.79 Å². The smallest absolute Gasteiger partial charge is 0.243 e. The van der Waals surface area contributed by atoms with Crippen LogP contribution in [0.5, 0.6) is 0 Å². The number of halogens is 1. The quantitative estimate of drug-likeness (QED) is 0.0533. The number of rotatable bonds is 26. The maximum absolute atomic E-state index is 10.9. The summed E-state index contributed by atoms with van der Waals surface area (Å²) >= 11 is 3.50. The van der Waals surface area contributed by atoms with Gasteiger partial charge in [0.2, 0.25) is 5.91 Å². The molecule has 2 N–H and O–H groups in total. The topological polar surface area (TPSA) is 49.3 Å². The van der Waals surface area contributed by atoms with Crippen LogP contribution in [0.2, 0.25) is 0 Å². The van der Waals surface area contributed by atoms with Crippen molar-refractivity contribution in [2.45, 2.75) is 161 Å². The first-order valence-corrected chi connectivity index (χ1v) is 14.9. The minimum absolute atomic E-state index is 0.256. The van der Waals surface area contributed by atoms with Gasteiger partial charge in [-0.15, -0.1) is 0 Å². The highest BCUT2D eigenvalue weighted by atomic mass is 79.9. The fraction of sp³-hybridized carbons (Fsp3) is 0.963. The summed E-state index contributed by atoms with van der Waals surface area (Å²) in [4.78, 5) is 10.9. The molecule has 0 unspecified atom stereocenters. The zero-order chi connectivity index (χ0) is 22.7. The van der Waals surface area contributed by atoms with Crippen molar-refractivity contribution >= 4 is 21.8 Å². The number of alkyl halides is 1. The number of hydrogen-bond donors (Lipinski definition) is 2. The Labute approximate surface area is 203 Å². The summed E-state index contributed by atoms with van der Waals surface area (Å²) < 4.78 is 0. The van der Waals surface area contributed by atoms with E-state index in [-0.39, 0.29) is 5.91 Å². The summed E-state index contributed by atoms with van der Waals surface area (Å²) in [5.74, 6) is -0.256. The molecule has 0 aromatic heterocycles. The number of carbonyl (C=O) groups is 1. The highest BCUT2D eigenvalue weighted by Crippen LogP contribution is 2.15. The Kier molecular flexibility index (Phi) is 27.9. The molecule has 4 heteroatoms. The molecule has 0 saturated heterocycles. The van der Waals surface area contributed by atoms with Crippen LogP contribution < -0.4 is 5.48 Å².